The van der Waals surface area contributed by atoms with E-state index in [1.54, 1.807) is 6.20 Å². The molecule has 8 nitrogen and oxygen atoms in total. The van der Waals surface area contributed by atoms with E-state index in [2.05, 4.69) is 38.4 Å². The van der Waals surface area contributed by atoms with Gasteiger partial charge in [0.1, 0.15) is 0 Å². The molecule has 5 rings (SSSR count). The minimum atomic E-state index is 0.0703. The number of nitrogens with zero attached hydrogens (tertiary/aromatic N) is 3. The summed E-state index contributed by atoms with van der Waals surface area (Å²) in [6.45, 7) is 6.80. The van der Waals surface area contributed by atoms with E-state index in [-0.39, 0.29) is 5.91 Å². The molecule has 2 aromatic rings. The molecule has 1 aliphatic heterocycles. The second-order valence-corrected chi connectivity index (χ2v) is 10.2. The van der Waals surface area contributed by atoms with E-state index < -0.39 is 0 Å². The first-order chi connectivity index (χ1) is 16.7. The SMILES string of the molecule is CCCC(CCC1CC1)CC(=O)Nc1c[nH]nc1-c1nc2c([nH]1)CCC(CN1CCOCC1)=C2. The number of rotatable bonds is 11. The number of nitrogens with one attached hydrogen (secondary N) is 3. The number of aromatic nitrogens is 4. The molecular formula is C26H38N6O2. The maximum atomic E-state index is 12.9. The van der Waals surface area contributed by atoms with Crippen LogP contribution >= 0.6 is 0 Å². The van der Waals surface area contributed by atoms with Gasteiger partial charge >= 0.3 is 0 Å². The summed E-state index contributed by atoms with van der Waals surface area (Å²) >= 11 is 0. The molecule has 1 atom stereocenters. The van der Waals surface area contributed by atoms with Crippen LogP contribution in [0.4, 0.5) is 5.69 Å². The number of amides is 1. The smallest absolute Gasteiger partial charge is 0.224 e. The minimum absolute atomic E-state index is 0.0703. The summed E-state index contributed by atoms with van der Waals surface area (Å²) in [7, 11) is 0. The van der Waals surface area contributed by atoms with Crippen LogP contribution in [0, 0.1) is 11.8 Å². The van der Waals surface area contributed by atoms with Crippen molar-refractivity contribution in [3.8, 4) is 11.5 Å². The van der Waals surface area contributed by atoms with Crippen molar-refractivity contribution >= 4 is 17.7 Å². The highest BCUT2D eigenvalue weighted by atomic mass is 16.5. The molecule has 2 fully saturated rings. The van der Waals surface area contributed by atoms with Crippen molar-refractivity contribution in [1.82, 2.24) is 25.1 Å². The highest BCUT2D eigenvalue weighted by Crippen LogP contribution is 2.36. The Kier molecular flexibility index (Phi) is 7.45. The standard InChI is InChI=1S/C26H38N6O2/c1-2-3-19(7-6-18-4-5-18)15-24(33)28-23-16-27-31-25(23)26-29-21-9-8-20(14-22(21)30-26)17-32-10-12-34-13-11-32/h14,16,18-19H,2-13,15,17H2,1H3,(H,27,31)(H,28,33)(H,29,30). The van der Waals surface area contributed by atoms with Crippen molar-refractivity contribution in [2.45, 2.75) is 64.7 Å². The summed E-state index contributed by atoms with van der Waals surface area (Å²) in [5.74, 6) is 2.16. The van der Waals surface area contributed by atoms with Gasteiger partial charge in [0, 0.05) is 37.9 Å². The van der Waals surface area contributed by atoms with Crippen LogP contribution < -0.4 is 5.32 Å². The molecule has 1 saturated carbocycles. The maximum Gasteiger partial charge on any atom is 0.224 e. The van der Waals surface area contributed by atoms with E-state index in [1.165, 1.54) is 24.8 Å². The lowest BCUT2D eigenvalue weighted by atomic mass is 9.93. The van der Waals surface area contributed by atoms with Crippen molar-refractivity contribution in [2.75, 3.05) is 38.2 Å². The number of fused-ring (bicyclic) bond motifs is 1. The fraction of sp³-hybridized carbons (Fsp3) is 0.654. The average molecular weight is 467 g/mol. The number of carbonyl (C=O) groups excluding carboxylic acids is 1. The second kappa shape index (κ2) is 10.9. The molecule has 3 heterocycles. The highest BCUT2D eigenvalue weighted by molar-refractivity contribution is 5.94. The lowest BCUT2D eigenvalue weighted by Crippen LogP contribution is -2.37. The van der Waals surface area contributed by atoms with Gasteiger partial charge in [0.2, 0.25) is 5.91 Å². The van der Waals surface area contributed by atoms with Gasteiger partial charge in [-0.2, -0.15) is 5.10 Å². The Balaban J connectivity index is 1.22. The zero-order chi connectivity index (χ0) is 23.3. The molecule has 0 bridgehead atoms. The number of imidazole rings is 1. The van der Waals surface area contributed by atoms with Crippen molar-refractivity contribution in [3.63, 3.8) is 0 Å². The Bertz CT molecular complexity index is 999. The third-order valence-corrected chi connectivity index (χ3v) is 7.37. The quantitative estimate of drug-likeness (QED) is 0.456. The van der Waals surface area contributed by atoms with E-state index in [1.807, 2.05) is 0 Å². The van der Waals surface area contributed by atoms with Crippen molar-refractivity contribution in [1.29, 1.82) is 0 Å². The molecule has 3 aliphatic rings. The number of aryl methyl sites for hydroxylation is 1. The van der Waals surface area contributed by atoms with Gasteiger partial charge in [-0.3, -0.25) is 14.8 Å². The number of hydrogen-bond acceptors (Lipinski definition) is 5. The molecule has 184 valence electrons. The first-order valence-electron chi connectivity index (χ1n) is 13.1. The molecule has 34 heavy (non-hydrogen) atoms. The van der Waals surface area contributed by atoms with E-state index in [0.717, 1.165) is 82.3 Å². The van der Waals surface area contributed by atoms with Crippen LogP contribution in [-0.2, 0) is 16.0 Å². The molecule has 1 saturated heterocycles. The number of H-pyrrole nitrogens is 2. The van der Waals surface area contributed by atoms with Crippen molar-refractivity contribution < 1.29 is 9.53 Å². The monoisotopic (exact) mass is 466 g/mol. The van der Waals surface area contributed by atoms with Crippen LogP contribution in [0.5, 0.6) is 0 Å². The molecule has 0 radical (unpaired) electrons. The summed E-state index contributed by atoms with van der Waals surface area (Å²) < 4.78 is 5.47. The number of ether oxygens (including phenoxy) is 1. The summed E-state index contributed by atoms with van der Waals surface area (Å²) in [5.41, 5.74) is 4.93. The molecule has 8 heteroatoms. The number of morpholine rings is 1. The lowest BCUT2D eigenvalue weighted by molar-refractivity contribution is -0.117. The Morgan fingerprint density at radius 2 is 2.12 bits per heavy atom. The van der Waals surface area contributed by atoms with Crippen LogP contribution in [0.2, 0.25) is 0 Å². The van der Waals surface area contributed by atoms with E-state index in [0.29, 0.717) is 29.5 Å². The highest BCUT2D eigenvalue weighted by Gasteiger charge is 2.24. The Labute approximate surface area is 201 Å². The average Bonchev–Trinajstić information content (AvgIpc) is 3.40. The topological polar surface area (TPSA) is 98.9 Å². The van der Waals surface area contributed by atoms with Gasteiger partial charge in [0.05, 0.1) is 24.6 Å². The molecule has 0 aromatic carbocycles. The van der Waals surface area contributed by atoms with E-state index in [4.69, 9.17) is 9.72 Å². The number of anilines is 1. The van der Waals surface area contributed by atoms with Crippen LogP contribution in [0.15, 0.2) is 11.8 Å². The normalized spacial score (nSPS) is 19.5. The van der Waals surface area contributed by atoms with Gasteiger partial charge in [-0.15, -0.1) is 0 Å². The van der Waals surface area contributed by atoms with Crippen molar-refractivity contribution in [3.05, 3.63) is 23.2 Å². The zero-order valence-electron chi connectivity index (χ0n) is 20.4. The van der Waals surface area contributed by atoms with Crippen LogP contribution in [0.1, 0.15) is 69.7 Å². The second-order valence-electron chi connectivity index (χ2n) is 10.2. The van der Waals surface area contributed by atoms with Crippen LogP contribution in [0.25, 0.3) is 17.6 Å². The summed E-state index contributed by atoms with van der Waals surface area (Å²) in [4.78, 5) is 23.6. The number of carbonyl (C=O) groups is 1. The summed E-state index contributed by atoms with van der Waals surface area (Å²) in [6, 6.07) is 0. The molecule has 1 amide bonds. The van der Waals surface area contributed by atoms with Gasteiger partial charge in [-0.1, -0.05) is 44.6 Å². The molecular weight excluding hydrogens is 428 g/mol. The molecule has 2 aromatic heterocycles. The predicted octanol–water partition coefficient (Wildman–Crippen LogP) is 4.40. The largest absolute Gasteiger partial charge is 0.379 e. The molecule has 3 N–H and O–H groups in total. The van der Waals surface area contributed by atoms with Gasteiger partial charge in [-0.25, -0.2) is 4.98 Å². The van der Waals surface area contributed by atoms with Gasteiger partial charge in [0.25, 0.3) is 0 Å². The first kappa shape index (κ1) is 23.3. The summed E-state index contributed by atoms with van der Waals surface area (Å²) in [5, 5.41) is 10.4. The molecule has 1 unspecified atom stereocenters. The Morgan fingerprint density at radius 1 is 1.26 bits per heavy atom. The molecule has 0 spiro atoms. The van der Waals surface area contributed by atoms with Crippen molar-refractivity contribution in [2.24, 2.45) is 11.8 Å². The number of aromatic amines is 2. The molecule has 2 aliphatic carbocycles. The lowest BCUT2D eigenvalue weighted by Gasteiger charge is -2.28. The van der Waals surface area contributed by atoms with Gasteiger partial charge in [0.15, 0.2) is 11.5 Å². The third kappa shape index (κ3) is 5.96. The number of hydrogen-bond donors (Lipinski definition) is 3. The van der Waals surface area contributed by atoms with Crippen LogP contribution in [-0.4, -0.2) is 63.8 Å². The Hall–Kier alpha value is -2.45. The Morgan fingerprint density at radius 3 is 2.91 bits per heavy atom. The summed E-state index contributed by atoms with van der Waals surface area (Å²) in [6.07, 6.45) is 14.0. The van der Waals surface area contributed by atoms with Gasteiger partial charge < -0.3 is 15.0 Å². The van der Waals surface area contributed by atoms with Gasteiger partial charge in [-0.05, 0) is 37.2 Å². The van der Waals surface area contributed by atoms with E-state index in [9.17, 15) is 4.79 Å². The fourth-order valence-electron chi connectivity index (χ4n) is 5.23. The maximum absolute atomic E-state index is 12.9. The zero-order valence-corrected chi connectivity index (χ0v) is 20.4. The predicted molar refractivity (Wildman–Crippen MR) is 133 cm³/mol. The van der Waals surface area contributed by atoms with E-state index >= 15 is 0 Å². The fourth-order valence-corrected chi connectivity index (χ4v) is 5.23. The third-order valence-electron chi connectivity index (χ3n) is 7.37. The van der Waals surface area contributed by atoms with Crippen LogP contribution in [0.3, 0.4) is 0 Å². The first-order valence-corrected chi connectivity index (χ1v) is 13.1. The minimum Gasteiger partial charge on any atom is -0.379 e.